The Morgan fingerprint density at radius 1 is 1.27 bits per heavy atom. The number of rotatable bonds is 5. The monoisotopic (exact) mass is 323 g/mol. The van der Waals surface area contributed by atoms with E-state index in [1.807, 2.05) is 24.3 Å². The molecule has 120 valence electrons. The van der Waals surface area contributed by atoms with Gasteiger partial charge in [0.1, 0.15) is 0 Å². The first kappa shape index (κ1) is 16.8. The van der Waals surface area contributed by atoms with Gasteiger partial charge in [-0.3, -0.25) is 9.59 Å². The summed E-state index contributed by atoms with van der Waals surface area (Å²) in [5.74, 6) is -0.657. The molecule has 1 N–H and O–H groups in total. The van der Waals surface area contributed by atoms with E-state index >= 15 is 0 Å². The zero-order valence-corrected chi connectivity index (χ0v) is 13.6. The lowest BCUT2D eigenvalue weighted by Gasteiger charge is -2.31. The summed E-state index contributed by atoms with van der Waals surface area (Å²) in [5, 5.41) is 9.70. The quantitative estimate of drug-likeness (QED) is 0.905. The highest BCUT2D eigenvalue weighted by Gasteiger charge is 2.27. The van der Waals surface area contributed by atoms with Gasteiger partial charge in [-0.1, -0.05) is 30.7 Å². The lowest BCUT2D eigenvalue weighted by Crippen LogP contribution is -2.40. The van der Waals surface area contributed by atoms with Gasteiger partial charge in [0.25, 0.3) is 0 Å². The standard InChI is InChI=1S/C17H22ClNO3/c1-12(10-13-2-4-15(18)5-3-13)11-16(20)19-8-6-14(7-9-19)17(21)22/h2-5,12,14H,6-11H2,1H3,(H,21,22). The molecule has 1 heterocycles. The van der Waals surface area contributed by atoms with Gasteiger partial charge in [-0.25, -0.2) is 0 Å². The van der Waals surface area contributed by atoms with Crippen LogP contribution in [0, 0.1) is 11.8 Å². The molecule has 0 saturated carbocycles. The fraction of sp³-hybridized carbons (Fsp3) is 0.529. The van der Waals surface area contributed by atoms with E-state index in [0.29, 0.717) is 37.4 Å². The fourth-order valence-corrected chi connectivity index (χ4v) is 3.02. The van der Waals surface area contributed by atoms with E-state index < -0.39 is 5.97 Å². The molecule has 0 bridgehead atoms. The van der Waals surface area contributed by atoms with Gasteiger partial charge in [0, 0.05) is 24.5 Å². The van der Waals surface area contributed by atoms with Gasteiger partial charge in [-0.15, -0.1) is 0 Å². The van der Waals surface area contributed by atoms with Crippen LogP contribution in [0.3, 0.4) is 0 Å². The van der Waals surface area contributed by atoms with Gasteiger partial charge < -0.3 is 10.0 Å². The Balaban J connectivity index is 1.79. The van der Waals surface area contributed by atoms with Crippen LogP contribution in [0.5, 0.6) is 0 Å². The van der Waals surface area contributed by atoms with Crippen LogP contribution in [-0.2, 0) is 16.0 Å². The molecule has 1 aromatic rings. The summed E-state index contributed by atoms with van der Waals surface area (Å²) < 4.78 is 0. The number of halogens is 1. The van der Waals surface area contributed by atoms with Crippen molar-refractivity contribution in [2.24, 2.45) is 11.8 Å². The summed E-state index contributed by atoms with van der Waals surface area (Å²) in [6, 6.07) is 7.70. The molecule has 1 aromatic carbocycles. The normalized spacial score (nSPS) is 17.3. The van der Waals surface area contributed by atoms with Crippen molar-refractivity contribution >= 4 is 23.5 Å². The number of hydrogen-bond acceptors (Lipinski definition) is 2. The van der Waals surface area contributed by atoms with Crippen molar-refractivity contribution < 1.29 is 14.7 Å². The van der Waals surface area contributed by atoms with E-state index in [9.17, 15) is 9.59 Å². The molecule has 1 aliphatic heterocycles. The van der Waals surface area contributed by atoms with Crippen LogP contribution in [0.15, 0.2) is 24.3 Å². The smallest absolute Gasteiger partial charge is 0.306 e. The zero-order chi connectivity index (χ0) is 16.1. The maximum Gasteiger partial charge on any atom is 0.306 e. The summed E-state index contributed by atoms with van der Waals surface area (Å²) in [6.07, 6.45) is 2.47. The Labute approximate surface area is 136 Å². The Morgan fingerprint density at radius 2 is 1.86 bits per heavy atom. The average Bonchev–Trinajstić information content (AvgIpc) is 2.49. The predicted octanol–water partition coefficient (Wildman–Crippen LogP) is 3.23. The summed E-state index contributed by atoms with van der Waals surface area (Å²) in [6.45, 7) is 3.18. The third-order valence-corrected chi connectivity index (χ3v) is 4.47. The molecule has 1 aliphatic rings. The number of carboxylic acid groups (broad SMARTS) is 1. The Morgan fingerprint density at radius 3 is 2.41 bits per heavy atom. The van der Waals surface area contributed by atoms with Crippen molar-refractivity contribution in [3.63, 3.8) is 0 Å². The number of piperidine rings is 1. The van der Waals surface area contributed by atoms with Gasteiger partial charge in [-0.05, 0) is 42.9 Å². The second-order valence-electron chi connectivity index (χ2n) is 6.13. The maximum absolute atomic E-state index is 12.3. The molecule has 2 rings (SSSR count). The molecule has 0 spiro atoms. The summed E-state index contributed by atoms with van der Waals surface area (Å²) in [4.78, 5) is 25.0. The average molecular weight is 324 g/mol. The molecular formula is C17H22ClNO3. The van der Waals surface area contributed by atoms with E-state index in [2.05, 4.69) is 6.92 Å². The van der Waals surface area contributed by atoms with E-state index in [1.54, 1.807) is 4.90 Å². The lowest BCUT2D eigenvalue weighted by atomic mass is 9.94. The zero-order valence-electron chi connectivity index (χ0n) is 12.8. The van der Waals surface area contributed by atoms with Gasteiger partial charge in [0.05, 0.1) is 5.92 Å². The van der Waals surface area contributed by atoms with Crippen LogP contribution < -0.4 is 0 Å². The van der Waals surface area contributed by atoms with Gasteiger partial charge >= 0.3 is 5.97 Å². The molecular weight excluding hydrogens is 302 g/mol. The van der Waals surface area contributed by atoms with E-state index in [-0.39, 0.29) is 17.7 Å². The van der Waals surface area contributed by atoms with Crippen molar-refractivity contribution in [3.8, 4) is 0 Å². The molecule has 4 nitrogen and oxygen atoms in total. The number of carboxylic acids is 1. The number of carbonyl (C=O) groups excluding carboxylic acids is 1. The SMILES string of the molecule is CC(CC(=O)N1CCC(C(=O)O)CC1)Cc1ccc(Cl)cc1. The Hall–Kier alpha value is -1.55. The van der Waals surface area contributed by atoms with Gasteiger partial charge in [-0.2, -0.15) is 0 Å². The van der Waals surface area contributed by atoms with Crippen molar-refractivity contribution in [1.82, 2.24) is 4.90 Å². The first-order valence-electron chi connectivity index (χ1n) is 7.70. The highest BCUT2D eigenvalue weighted by atomic mass is 35.5. The first-order chi connectivity index (χ1) is 10.5. The highest BCUT2D eigenvalue weighted by Crippen LogP contribution is 2.20. The number of nitrogens with zero attached hydrogens (tertiary/aromatic N) is 1. The molecule has 22 heavy (non-hydrogen) atoms. The minimum atomic E-state index is -0.747. The van der Waals surface area contributed by atoms with Crippen molar-refractivity contribution in [2.45, 2.75) is 32.6 Å². The third kappa shape index (κ3) is 4.73. The molecule has 1 unspecified atom stereocenters. The molecule has 1 atom stereocenters. The Bertz CT molecular complexity index is 521. The molecule has 1 fully saturated rings. The number of benzene rings is 1. The van der Waals surface area contributed by atoms with Crippen LogP contribution in [0.2, 0.25) is 5.02 Å². The number of hydrogen-bond donors (Lipinski definition) is 1. The first-order valence-corrected chi connectivity index (χ1v) is 8.08. The number of amides is 1. The lowest BCUT2D eigenvalue weighted by molar-refractivity contribution is -0.145. The molecule has 5 heteroatoms. The number of aliphatic carboxylic acids is 1. The molecule has 0 radical (unpaired) electrons. The summed E-state index contributed by atoms with van der Waals surface area (Å²) in [5.41, 5.74) is 1.18. The minimum absolute atomic E-state index is 0.130. The summed E-state index contributed by atoms with van der Waals surface area (Å²) in [7, 11) is 0. The van der Waals surface area contributed by atoms with E-state index in [4.69, 9.17) is 16.7 Å². The maximum atomic E-state index is 12.3. The topological polar surface area (TPSA) is 57.6 Å². The second kappa shape index (κ2) is 7.63. The second-order valence-corrected chi connectivity index (χ2v) is 6.57. The number of carbonyl (C=O) groups is 2. The molecule has 0 aliphatic carbocycles. The largest absolute Gasteiger partial charge is 0.481 e. The van der Waals surface area contributed by atoms with Crippen LogP contribution in [0.1, 0.15) is 31.7 Å². The van der Waals surface area contributed by atoms with Crippen LogP contribution >= 0.6 is 11.6 Å². The predicted molar refractivity (Wildman–Crippen MR) is 85.9 cm³/mol. The van der Waals surface area contributed by atoms with E-state index in [0.717, 1.165) is 6.42 Å². The van der Waals surface area contributed by atoms with Crippen LogP contribution in [0.4, 0.5) is 0 Å². The van der Waals surface area contributed by atoms with Crippen molar-refractivity contribution in [3.05, 3.63) is 34.9 Å². The molecule has 1 saturated heterocycles. The fourth-order valence-electron chi connectivity index (χ4n) is 2.90. The van der Waals surface area contributed by atoms with Gasteiger partial charge in [0.2, 0.25) is 5.91 Å². The third-order valence-electron chi connectivity index (χ3n) is 4.22. The van der Waals surface area contributed by atoms with Crippen molar-refractivity contribution in [2.75, 3.05) is 13.1 Å². The molecule has 1 amide bonds. The summed E-state index contributed by atoms with van der Waals surface area (Å²) >= 11 is 5.87. The highest BCUT2D eigenvalue weighted by molar-refractivity contribution is 6.30. The van der Waals surface area contributed by atoms with Crippen molar-refractivity contribution in [1.29, 1.82) is 0 Å². The van der Waals surface area contributed by atoms with Crippen LogP contribution in [0.25, 0.3) is 0 Å². The minimum Gasteiger partial charge on any atom is -0.481 e. The Kier molecular flexibility index (Phi) is 5.83. The molecule has 0 aromatic heterocycles. The van der Waals surface area contributed by atoms with E-state index in [1.165, 1.54) is 5.56 Å². The number of likely N-dealkylation sites (tertiary alicyclic amines) is 1. The van der Waals surface area contributed by atoms with Gasteiger partial charge in [0.15, 0.2) is 0 Å². The van der Waals surface area contributed by atoms with Crippen LogP contribution in [-0.4, -0.2) is 35.0 Å².